The molecule has 1 aliphatic heterocycles. The highest BCUT2D eigenvalue weighted by molar-refractivity contribution is 8.00. The number of thioether (sulfide) groups is 1. The third-order valence-electron chi connectivity index (χ3n) is 2.45. The second-order valence-electron chi connectivity index (χ2n) is 3.73. The normalized spacial score (nSPS) is 15.5. The summed E-state index contributed by atoms with van der Waals surface area (Å²) in [5.74, 6) is -1.89. The highest BCUT2D eigenvalue weighted by atomic mass is 32.2. The van der Waals surface area contributed by atoms with E-state index in [4.69, 9.17) is 10.8 Å². The number of Topliss-reactive ketones (excluding diaryl/α,β-unsaturated/α-hetero) is 1. The van der Waals surface area contributed by atoms with Gasteiger partial charge in [-0.25, -0.2) is 0 Å². The highest BCUT2D eigenvalue weighted by Crippen LogP contribution is 2.32. The van der Waals surface area contributed by atoms with Crippen LogP contribution in [0.1, 0.15) is 10.4 Å². The van der Waals surface area contributed by atoms with Crippen molar-refractivity contribution in [2.24, 2.45) is 5.73 Å². The molecule has 4 N–H and O–H groups in total. The molecular weight excluding hydrogens is 256 g/mol. The van der Waals surface area contributed by atoms with E-state index in [2.05, 4.69) is 5.32 Å². The van der Waals surface area contributed by atoms with E-state index in [9.17, 15) is 14.4 Å². The number of carboxylic acid groups (broad SMARTS) is 1. The summed E-state index contributed by atoms with van der Waals surface area (Å²) in [5, 5.41) is 11.3. The Hall–Kier alpha value is -1.86. The number of carbonyl (C=O) groups excluding carboxylic acids is 2. The van der Waals surface area contributed by atoms with E-state index >= 15 is 0 Å². The fraction of sp³-hybridized carbons (Fsp3) is 0.182. The Morgan fingerprint density at radius 3 is 2.83 bits per heavy atom. The van der Waals surface area contributed by atoms with Crippen LogP contribution in [-0.4, -0.2) is 34.6 Å². The third-order valence-corrected chi connectivity index (χ3v) is 3.52. The minimum Gasteiger partial charge on any atom is -0.480 e. The number of anilines is 1. The molecule has 0 saturated heterocycles. The van der Waals surface area contributed by atoms with E-state index < -0.39 is 17.8 Å². The average molecular weight is 266 g/mol. The van der Waals surface area contributed by atoms with Crippen molar-refractivity contribution in [1.29, 1.82) is 0 Å². The Bertz CT molecular complexity index is 544. The van der Waals surface area contributed by atoms with E-state index in [1.807, 2.05) is 0 Å². The van der Waals surface area contributed by atoms with Crippen LogP contribution >= 0.6 is 11.8 Å². The number of hydrogen-bond acceptors (Lipinski definition) is 5. The lowest BCUT2D eigenvalue weighted by atomic mass is 10.0. The summed E-state index contributed by atoms with van der Waals surface area (Å²) in [5.41, 5.74) is 5.94. The van der Waals surface area contributed by atoms with Crippen LogP contribution < -0.4 is 11.1 Å². The van der Waals surface area contributed by atoms with Crippen LogP contribution in [0.3, 0.4) is 0 Å². The lowest BCUT2D eigenvalue weighted by molar-refractivity contribution is -0.137. The third kappa shape index (κ3) is 2.36. The van der Waals surface area contributed by atoms with Crippen molar-refractivity contribution in [2.75, 3.05) is 11.1 Å². The maximum atomic E-state index is 11.7. The zero-order valence-corrected chi connectivity index (χ0v) is 9.99. The smallest absolute Gasteiger partial charge is 0.328 e. The number of ketones is 1. The molecule has 0 fully saturated rings. The molecular formula is C11H10N2O4S. The molecule has 0 radical (unpaired) electrons. The molecule has 0 bridgehead atoms. The summed E-state index contributed by atoms with van der Waals surface area (Å²) in [4.78, 5) is 34.4. The molecule has 94 valence electrons. The monoisotopic (exact) mass is 266 g/mol. The molecule has 1 amide bonds. The van der Waals surface area contributed by atoms with E-state index in [-0.39, 0.29) is 11.5 Å². The van der Waals surface area contributed by atoms with Gasteiger partial charge in [0.25, 0.3) is 0 Å². The number of rotatable bonds is 3. The van der Waals surface area contributed by atoms with E-state index in [1.165, 1.54) is 23.9 Å². The van der Waals surface area contributed by atoms with Gasteiger partial charge in [-0.3, -0.25) is 14.4 Å². The number of hydrogen-bond donors (Lipinski definition) is 3. The van der Waals surface area contributed by atoms with Gasteiger partial charge in [-0.2, -0.15) is 0 Å². The SMILES string of the molecule is NC(C(=O)O)C(=O)c1ccc2c(c1)NC(=O)CS2. The molecule has 1 aromatic carbocycles. The first-order chi connectivity index (χ1) is 8.49. The summed E-state index contributed by atoms with van der Waals surface area (Å²) in [6.07, 6.45) is 0. The van der Waals surface area contributed by atoms with E-state index in [0.717, 1.165) is 4.90 Å². The van der Waals surface area contributed by atoms with Crippen molar-refractivity contribution >= 4 is 35.1 Å². The second kappa shape index (κ2) is 4.79. The molecule has 1 aliphatic rings. The predicted molar refractivity (Wildman–Crippen MR) is 65.7 cm³/mol. The van der Waals surface area contributed by atoms with Crippen LogP contribution in [-0.2, 0) is 9.59 Å². The standard InChI is InChI=1S/C11H10N2O4S/c12-9(11(16)17)10(15)5-1-2-7-6(3-5)13-8(14)4-18-7/h1-3,9H,4,12H2,(H,13,14)(H,16,17). The van der Waals surface area contributed by atoms with Crippen LogP contribution in [0.4, 0.5) is 5.69 Å². The highest BCUT2D eigenvalue weighted by Gasteiger charge is 2.24. The van der Waals surface area contributed by atoms with E-state index in [1.54, 1.807) is 6.07 Å². The van der Waals surface area contributed by atoms with Crippen molar-refractivity contribution in [3.63, 3.8) is 0 Å². The first-order valence-corrected chi connectivity index (χ1v) is 6.07. The van der Waals surface area contributed by atoms with Gasteiger partial charge < -0.3 is 16.2 Å². The Labute approximate surface area is 107 Å². The van der Waals surface area contributed by atoms with Gasteiger partial charge in [0, 0.05) is 10.5 Å². The van der Waals surface area contributed by atoms with Gasteiger partial charge in [0.15, 0.2) is 11.8 Å². The molecule has 1 aromatic rings. The first kappa shape index (κ1) is 12.6. The summed E-state index contributed by atoms with van der Waals surface area (Å²) < 4.78 is 0. The fourth-order valence-corrected chi connectivity index (χ4v) is 2.32. The molecule has 1 atom stereocenters. The first-order valence-electron chi connectivity index (χ1n) is 5.08. The van der Waals surface area contributed by atoms with Gasteiger partial charge in [-0.1, -0.05) is 6.07 Å². The van der Waals surface area contributed by atoms with Crippen molar-refractivity contribution < 1.29 is 19.5 Å². The van der Waals surface area contributed by atoms with E-state index in [0.29, 0.717) is 11.4 Å². The summed E-state index contributed by atoms with van der Waals surface area (Å²) in [6, 6.07) is 3.04. The van der Waals surface area contributed by atoms with Gasteiger partial charge in [-0.05, 0) is 12.1 Å². The van der Waals surface area contributed by atoms with Crippen molar-refractivity contribution in [1.82, 2.24) is 0 Å². The maximum Gasteiger partial charge on any atom is 0.328 e. The van der Waals surface area contributed by atoms with Gasteiger partial charge >= 0.3 is 5.97 Å². The summed E-state index contributed by atoms with van der Waals surface area (Å²) >= 11 is 1.36. The summed E-state index contributed by atoms with van der Waals surface area (Å²) in [7, 11) is 0. The molecule has 0 aliphatic carbocycles. The quantitative estimate of drug-likeness (QED) is 0.537. The number of fused-ring (bicyclic) bond motifs is 1. The number of aliphatic carboxylic acids is 1. The molecule has 0 aromatic heterocycles. The number of amides is 1. The molecule has 1 heterocycles. The van der Waals surface area contributed by atoms with Gasteiger partial charge in [0.2, 0.25) is 5.91 Å². The van der Waals surface area contributed by atoms with Crippen LogP contribution in [0.25, 0.3) is 0 Å². The molecule has 0 spiro atoms. The fourth-order valence-electron chi connectivity index (χ4n) is 1.53. The second-order valence-corrected chi connectivity index (χ2v) is 4.75. The zero-order valence-electron chi connectivity index (χ0n) is 9.17. The van der Waals surface area contributed by atoms with Crippen molar-refractivity contribution in [2.45, 2.75) is 10.9 Å². The number of benzene rings is 1. The molecule has 18 heavy (non-hydrogen) atoms. The van der Waals surface area contributed by atoms with Crippen LogP contribution in [0.15, 0.2) is 23.1 Å². The van der Waals surface area contributed by atoms with Crippen molar-refractivity contribution in [3.05, 3.63) is 23.8 Å². The maximum absolute atomic E-state index is 11.7. The lowest BCUT2D eigenvalue weighted by Gasteiger charge is -2.17. The molecule has 0 saturated carbocycles. The zero-order chi connectivity index (χ0) is 13.3. The van der Waals surface area contributed by atoms with Crippen LogP contribution in [0.2, 0.25) is 0 Å². The lowest BCUT2D eigenvalue weighted by Crippen LogP contribution is -2.38. The topological polar surface area (TPSA) is 109 Å². The van der Waals surface area contributed by atoms with Gasteiger partial charge in [0.1, 0.15) is 0 Å². The Morgan fingerprint density at radius 1 is 1.44 bits per heavy atom. The summed E-state index contributed by atoms with van der Waals surface area (Å²) in [6.45, 7) is 0. The minimum absolute atomic E-state index is 0.153. The number of nitrogens with two attached hydrogens (primary N) is 1. The van der Waals surface area contributed by atoms with Crippen LogP contribution in [0, 0.1) is 0 Å². The Kier molecular flexibility index (Phi) is 3.35. The molecule has 7 heteroatoms. The largest absolute Gasteiger partial charge is 0.480 e. The Balaban J connectivity index is 2.31. The van der Waals surface area contributed by atoms with Gasteiger partial charge in [0.05, 0.1) is 11.4 Å². The predicted octanol–water partition coefficient (Wildman–Crippen LogP) is 0.325. The Morgan fingerprint density at radius 2 is 2.17 bits per heavy atom. The minimum atomic E-state index is -1.59. The average Bonchev–Trinajstić information content (AvgIpc) is 2.35. The molecule has 6 nitrogen and oxygen atoms in total. The number of carboxylic acids is 1. The van der Waals surface area contributed by atoms with Crippen molar-refractivity contribution in [3.8, 4) is 0 Å². The van der Waals surface area contributed by atoms with Crippen LogP contribution in [0.5, 0.6) is 0 Å². The number of carbonyl (C=O) groups is 3. The molecule has 2 rings (SSSR count). The van der Waals surface area contributed by atoms with Gasteiger partial charge in [-0.15, -0.1) is 11.8 Å². The molecule has 1 unspecified atom stereocenters. The number of nitrogens with one attached hydrogen (secondary N) is 1.